The lowest BCUT2D eigenvalue weighted by Crippen LogP contribution is -2.55. The Balaban J connectivity index is 1.95. The molecule has 1 fully saturated rings. The fourth-order valence-electron chi connectivity index (χ4n) is 2.45. The van der Waals surface area contributed by atoms with E-state index in [9.17, 15) is 19.1 Å². The second kappa shape index (κ2) is 5.26. The van der Waals surface area contributed by atoms with Gasteiger partial charge in [-0.15, -0.1) is 0 Å². The number of ether oxygens (including phenoxy) is 1. The van der Waals surface area contributed by atoms with Crippen molar-refractivity contribution in [3.8, 4) is 0 Å². The van der Waals surface area contributed by atoms with Gasteiger partial charge in [-0.25, -0.2) is 9.18 Å². The van der Waals surface area contributed by atoms with Crippen LogP contribution in [0.4, 0.5) is 4.39 Å². The molecule has 1 aliphatic heterocycles. The number of aromatic amines is 1. The van der Waals surface area contributed by atoms with Gasteiger partial charge in [0.1, 0.15) is 11.5 Å². The van der Waals surface area contributed by atoms with E-state index in [1.165, 1.54) is 18.2 Å². The number of aromatic nitrogens is 1. The predicted molar refractivity (Wildman–Crippen MR) is 76.5 cm³/mol. The molecule has 1 aromatic heterocycles. The Morgan fingerprint density at radius 3 is 2.86 bits per heavy atom. The fraction of sp³-hybridized carbons (Fsp3) is 0.286. The zero-order valence-corrected chi connectivity index (χ0v) is 12.0. The summed E-state index contributed by atoms with van der Waals surface area (Å²) in [6.45, 7) is 0.138. The molecule has 0 bridgehead atoms. The Labute approximate surface area is 129 Å². The minimum absolute atomic E-state index is 0.00482. The summed E-state index contributed by atoms with van der Waals surface area (Å²) in [6.07, 6.45) is 0.167. The summed E-state index contributed by atoms with van der Waals surface area (Å²) in [5, 5.41) is 12.2. The summed E-state index contributed by atoms with van der Waals surface area (Å²) in [7, 11) is 0. The lowest BCUT2D eigenvalue weighted by Gasteiger charge is -2.23. The van der Waals surface area contributed by atoms with Crippen LogP contribution in [0.2, 0.25) is 5.02 Å². The Kier molecular flexibility index (Phi) is 3.54. The van der Waals surface area contributed by atoms with E-state index >= 15 is 0 Å². The van der Waals surface area contributed by atoms with Gasteiger partial charge in [-0.2, -0.15) is 0 Å². The Morgan fingerprint density at radius 2 is 2.23 bits per heavy atom. The number of fused-ring (bicyclic) bond motifs is 1. The van der Waals surface area contributed by atoms with Gasteiger partial charge in [0, 0.05) is 23.9 Å². The van der Waals surface area contributed by atoms with E-state index in [4.69, 9.17) is 16.3 Å². The Morgan fingerprint density at radius 1 is 1.45 bits per heavy atom. The summed E-state index contributed by atoms with van der Waals surface area (Å²) in [5.41, 5.74) is -0.985. The molecule has 1 saturated heterocycles. The highest BCUT2D eigenvalue weighted by atomic mass is 35.5. The summed E-state index contributed by atoms with van der Waals surface area (Å²) < 4.78 is 18.3. The number of amides is 1. The topological polar surface area (TPSA) is 91.4 Å². The van der Waals surface area contributed by atoms with E-state index in [-0.39, 0.29) is 30.4 Å². The van der Waals surface area contributed by atoms with Crippen molar-refractivity contribution in [1.82, 2.24) is 10.3 Å². The maximum atomic E-state index is 13.3. The maximum absolute atomic E-state index is 13.3. The van der Waals surface area contributed by atoms with Gasteiger partial charge in [-0.05, 0) is 18.2 Å². The predicted octanol–water partition coefficient (Wildman–Crippen LogP) is 1.93. The molecule has 2 aromatic rings. The number of hydrogen-bond acceptors (Lipinski definition) is 3. The second-order valence-corrected chi connectivity index (χ2v) is 5.53. The molecule has 22 heavy (non-hydrogen) atoms. The zero-order valence-electron chi connectivity index (χ0n) is 11.3. The molecule has 0 spiro atoms. The van der Waals surface area contributed by atoms with Gasteiger partial charge in [0.05, 0.1) is 11.6 Å². The third kappa shape index (κ3) is 2.32. The number of halogens is 2. The van der Waals surface area contributed by atoms with Crippen LogP contribution in [0.25, 0.3) is 10.9 Å². The number of benzene rings is 1. The molecule has 6 nitrogen and oxygen atoms in total. The van der Waals surface area contributed by atoms with Crippen molar-refractivity contribution < 1.29 is 23.8 Å². The molecule has 0 aliphatic carbocycles. The lowest BCUT2D eigenvalue weighted by molar-refractivity contribution is -0.144. The molecule has 2 heterocycles. The SMILES string of the molecule is O=C(NC1(C(=O)O)CCOC1)c1[nH]c2ccc(F)cc2c1Cl. The number of nitrogens with one attached hydrogen (secondary N) is 2. The lowest BCUT2D eigenvalue weighted by atomic mass is 9.99. The number of aliphatic carboxylic acids is 1. The van der Waals surface area contributed by atoms with Crippen LogP contribution in [0.15, 0.2) is 18.2 Å². The number of hydrogen-bond donors (Lipinski definition) is 3. The van der Waals surface area contributed by atoms with Crippen LogP contribution in [0.1, 0.15) is 16.9 Å². The van der Waals surface area contributed by atoms with Gasteiger partial charge in [0.15, 0.2) is 5.54 Å². The van der Waals surface area contributed by atoms with E-state index in [1.807, 2.05) is 0 Å². The highest BCUT2D eigenvalue weighted by molar-refractivity contribution is 6.38. The van der Waals surface area contributed by atoms with Crippen molar-refractivity contribution in [2.24, 2.45) is 0 Å². The largest absolute Gasteiger partial charge is 0.479 e. The average Bonchev–Trinajstić information content (AvgIpc) is 3.06. The van der Waals surface area contributed by atoms with Gasteiger partial charge in [0.25, 0.3) is 5.91 Å². The fourth-order valence-corrected chi connectivity index (χ4v) is 2.74. The van der Waals surface area contributed by atoms with Crippen LogP contribution in [0, 0.1) is 5.82 Å². The quantitative estimate of drug-likeness (QED) is 0.803. The standard InChI is InChI=1S/C14H12ClFN2O4/c15-10-8-5-7(16)1-2-9(8)17-11(10)12(19)18-14(13(20)21)3-4-22-6-14/h1-2,5,17H,3-4,6H2,(H,18,19)(H,20,21). The molecule has 3 rings (SSSR count). The van der Waals surface area contributed by atoms with E-state index in [0.717, 1.165) is 0 Å². The van der Waals surface area contributed by atoms with Gasteiger partial charge in [-0.3, -0.25) is 4.79 Å². The molecule has 0 saturated carbocycles. The van der Waals surface area contributed by atoms with Gasteiger partial charge >= 0.3 is 5.97 Å². The van der Waals surface area contributed by atoms with Crippen LogP contribution in [0.5, 0.6) is 0 Å². The van der Waals surface area contributed by atoms with E-state index in [2.05, 4.69) is 10.3 Å². The summed E-state index contributed by atoms with van der Waals surface area (Å²) in [5.74, 6) is -2.32. The van der Waals surface area contributed by atoms with Crippen LogP contribution in [-0.2, 0) is 9.53 Å². The molecular weight excluding hydrogens is 315 g/mol. The third-order valence-electron chi connectivity index (χ3n) is 3.71. The Bertz CT molecular complexity index is 768. The van der Waals surface area contributed by atoms with E-state index < -0.39 is 23.2 Å². The van der Waals surface area contributed by atoms with Crippen LogP contribution >= 0.6 is 11.6 Å². The summed E-state index contributed by atoms with van der Waals surface area (Å²) >= 11 is 6.10. The van der Waals surface area contributed by atoms with Gasteiger partial charge < -0.3 is 20.1 Å². The van der Waals surface area contributed by atoms with Crippen LogP contribution in [-0.4, -0.2) is 40.7 Å². The minimum Gasteiger partial charge on any atom is -0.479 e. The van der Waals surface area contributed by atoms with Crippen LogP contribution in [0.3, 0.4) is 0 Å². The molecule has 1 unspecified atom stereocenters. The average molecular weight is 327 g/mol. The first-order valence-electron chi connectivity index (χ1n) is 6.53. The number of carbonyl (C=O) groups excluding carboxylic acids is 1. The summed E-state index contributed by atoms with van der Waals surface area (Å²) in [6, 6.07) is 3.90. The van der Waals surface area contributed by atoms with E-state index in [1.54, 1.807) is 0 Å². The van der Waals surface area contributed by atoms with Gasteiger partial charge in [-0.1, -0.05) is 11.6 Å². The molecule has 1 aromatic carbocycles. The molecule has 3 N–H and O–H groups in total. The molecule has 8 heteroatoms. The zero-order chi connectivity index (χ0) is 15.9. The van der Waals surface area contributed by atoms with Crippen molar-refractivity contribution in [2.75, 3.05) is 13.2 Å². The molecule has 1 aliphatic rings. The number of carboxylic acid groups (broad SMARTS) is 1. The minimum atomic E-state index is -1.47. The molecular formula is C14H12ClFN2O4. The first kappa shape index (κ1) is 14.8. The molecule has 116 valence electrons. The highest BCUT2D eigenvalue weighted by Gasteiger charge is 2.44. The number of carbonyl (C=O) groups is 2. The number of carboxylic acids is 1. The second-order valence-electron chi connectivity index (χ2n) is 5.15. The first-order valence-corrected chi connectivity index (χ1v) is 6.91. The Hall–Kier alpha value is -2.12. The van der Waals surface area contributed by atoms with Crippen molar-refractivity contribution in [2.45, 2.75) is 12.0 Å². The van der Waals surface area contributed by atoms with Crippen molar-refractivity contribution in [3.05, 3.63) is 34.7 Å². The van der Waals surface area contributed by atoms with E-state index in [0.29, 0.717) is 10.9 Å². The van der Waals surface area contributed by atoms with Crippen LogP contribution < -0.4 is 5.32 Å². The van der Waals surface area contributed by atoms with Crippen molar-refractivity contribution in [3.63, 3.8) is 0 Å². The normalized spacial score (nSPS) is 21.2. The third-order valence-corrected chi connectivity index (χ3v) is 4.10. The smallest absolute Gasteiger partial charge is 0.331 e. The number of rotatable bonds is 3. The van der Waals surface area contributed by atoms with Crippen molar-refractivity contribution in [1.29, 1.82) is 0 Å². The molecule has 1 amide bonds. The van der Waals surface area contributed by atoms with Gasteiger partial charge in [0.2, 0.25) is 0 Å². The first-order chi connectivity index (χ1) is 10.4. The maximum Gasteiger partial charge on any atom is 0.331 e. The molecule has 0 radical (unpaired) electrons. The highest BCUT2D eigenvalue weighted by Crippen LogP contribution is 2.29. The monoisotopic (exact) mass is 326 g/mol. The molecule has 1 atom stereocenters. The van der Waals surface area contributed by atoms with Crippen molar-refractivity contribution >= 4 is 34.4 Å². The summed E-state index contributed by atoms with van der Waals surface area (Å²) in [4.78, 5) is 26.5. The number of H-pyrrole nitrogens is 1.